The van der Waals surface area contributed by atoms with E-state index in [9.17, 15) is 4.79 Å². The molecule has 0 spiro atoms. The van der Waals surface area contributed by atoms with Crippen LogP contribution in [0.25, 0.3) is 11.4 Å². The third-order valence-corrected chi connectivity index (χ3v) is 2.18. The minimum absolute atomic E-state index is 0.00971. The van der Waals surface area contributed by atoms with Gasteiger partial charge in [0.2, 0.25) is 0 Å². The molecule has 0 bridgehead atoms. The van der Waals surface area contributed by atoms with Crippen molar-refractivity contribution < 1.29 is 9.90 Å². The standard InChI is InChI=1S/C10H11N3O2/c1-13-7(6-10(14)15)5-9(12-13)8-3-2-4-11-8/h2-5,11H,6H2,1H3,(H,14,15). The van der Waals surface area contributed by atoms with Gasteiger partial charge < -0.3 is 10.1 Å². The molecule has 2 rings (SSSR count). The molecule has 15 heavy (non-hydrogen) atoms. The molecule has 2 heterocycles. The summed E-state index contributed by atoms with van der Waals surface area (Å²) in [5.41, 5.74) is 2.34. The molecule has 0 fully saturated rings. The van der Waals surface area contributed by atoms with E-state index >= 15 is 0 Å². The molecule has 0 radical (unpaired) electrons. The molecule has 0 unspecified atom stereocenters. The Morgan fingerprint density at radius 3 is 3.07 bits per heavy atom. The molecule has 2 N–H and O–H groups in total. The molecule has 2 aromatic rings. The fourth-order valence-corrected chi connectivity index (χ4v) is 1.45. The number of nitrogens with one attached hydrogen (secondary N) is 1. The van der Waals surface area contributed by atoms with Crippen LogP contribution in [0.3, 0.4) is 0 Å². The van der Waals surface area contributed by atoms with E-state index in [0.717, 1.165) is 11.4 Å². The maximum absolute atomic E-state index is 10.6. The maximum atomic E-state index is 10.6. The highest BCUT2D eigenvalue weighted by molar-refractivity contribution is 5.70. The summed E-state index contributed by atoms with van der Waals surface area (Å²) >= 11 is 0. The minimum Gasteiger partial charge on any atom is -0.481 e. The zero-order valence-electron chi connectivity index (χ0n) is 8.27. The van der Waals surface area contributed by atoms with Crippen LogP contribution in [-0.4, -0.2) is 25.8 Å². The second kappa shape index (κ2) is 3.61. The second-order valence-corrected chi connectivity index (χ2v) is 3.30. The largest absolute Gasteiger partial charge is 0.481 e. The fourth-order valence-electron chi connectivity index (χ4n) is 1.45. The Morgan fingerprint density at radius 2 is 2.47 bits per heavy atom. The van der Waals surface area contributed by atoms with Crippen molar-refractivity contribution >= 4 is 5.97 Å². The number of carboxylic acid groups (broad SMARTS) is 1. The van der Waals surface area contributed by atoms with E-state index in [1.165, 1.54) is 0 Å². The van der Waals surface area contributed by atoms with Crippen LogP contribution in [0.2, 0.25) is 0 Å². The third kappa shape index (κ3) is 1.90. The predicted molar refractivity (Wildman–Crippen MR) is 54.3 cm³/mol. The number of nitrogens with zero attached hydrogens (tertiary/aromatic N) is 2. The van der Waals surface area contributed by atoms with Crippen molar-refractivity contribution in [1.29, 1.82) is 0 Å². The van der Waals surface area contributed by atoms with Crippen molar-refractivity contribution in [2.24, 2.45) is 7.05 Å². The summed E-state index contributed by atoms with van der Waals surface area (Å²) < 4.78 is 1.59. The van der Waals surface area contributed by atoms with Gasteiger partial charge in [0.1, 0.15) is 5.69 Å². The van der Waals surface area contributed by atoms with Crippen LogP contribution in [0.15, 0.2) is 24.4 Å². The number of carbonyl (C=O) groups is 1. The SMILES string of the molecule is Cn1nc(-c2ccc[nH]2)cc1CC(=O)O. The number of carboxylic acids is 1. The van der Waals surface area contributed by atoms with E-state index in [1.54, 1.807) is 24.0 Å². The van der Waals surface area contributed by atoms with Gasteiger partial charge in [-0.15, -0.1) is 0 Å². The summed E-state index contributed by atoms with van der Waals surface area (Å²) in [4.78, 5) is 13.6. The fraction of sp³-hybridized carbons (Fsp3) is 0.200. The van der Waals surface area contributed by atoms with Crippen molar-refractivity contribution in [2.75, 3.05) is 0 Å². The highest BCUT2D eigenvalue weighted by Gasteiger charge is 2.10. The Bertz CT molecular complexity index is 471. The number of aromatic amines is 1. The number of rotatable bonds is 3. The van der Waals surface area contributed by atoms with E-state index in [4.69, 9.17) is 5.11 Å². The number of hydrogen-bond donors (Lipinski definition) is 2. The average Bonchev–Trinajstić information content (AvgIpc) is 2.75. The van der Waals surface area contributed by atoms with E-state index in [-0.39, 0.29) is 6.42 Å². The molecule has 0 aliphatic heterocycles. The summed E-state index contributed by atoms with van der Waals surface area (Å²) in [5.74, 6) is -0.851. The van der Waals surface area contributed by atoms with Crippen LogP contribution in [-0.2, 0) is 18.3 Å². The highest BCUT2D eigenvalue weighted by Crippen LogP contribution is 2.16. The lowest BCUT2D eigenvalue weighted by atomic mass is 10.2. The van der Waals surface area contributed by atoms with Gasteiger partial charge in [-0.3, -0.25) is 9.48 Å². The van der Waals surface area contributed by atoms with Crippen LogP contribution < -0.4 is 0 Å². The molecule has 0 saturated heterocycles. The first kappa shape index (κ1) is 9.51. The summed E-state index contributed by atoms with van der Waals surface area (Å²) in [6.07, 6.45) is 1.80. The maximum Gasteiger partial charge on any atom is 0.309 e. The molecule has 5 nitrogen and oxygen atoms in total. The number of H-pyrrole nitrogens is 1. The van der Waals surface area contributed by atoms with Crippen molar-refractivity contribution in [2.45, 2.75) is 6.42 Å². The lowest BCUT2D eigenvalue weighted by Crippen LogP contribution is -2.05. The molecular formula is C10H11N3O2. The van der Waals surface area contributed by atoms with Gasteiger partial charge in [0.15, 0.2) is 0 Å². The molecule has 2 aromatic heterocycles. The van der Waals surface area contributed by atoms with Crippen molar-refractivity contribution in [3.8, 4) is 11.4 Å². The quantitative estimate of drug-likeness (QED) is 0.786. The lowest BCUT2D eigenvalue weighted by molar-refractivity contribution is -0.136. The predicted octanol–water partition coefficient (Wildman–Crippen LogP) is 1.04. The molecule has 0 aliphatic rings. The Kier molecular flexibility index (Phi) is 2.29. The first-order valence-corrected chi connectivity index (χ1v) is 4.55. The summed E-state index contributed by atoms with van der Waals surface area (Å²) in [6, 6.07) is 5.55. The van der Waals surface area contributed by atoms with Crippen LogP contribution in [0.4, 0.5) is 0 Å². The van der Waals surface area contributed by atoms with Gasteiger partial charge in [0, 0.05) is 18.9 Å². The Hall–Kier alpha value is -2.04. The summed E-state index contributed by atoms with van der Waals surface area (Å²) in [6.45, 7) is 0. The Balaban J connectivity index is 2.33. The lowest BCUT2D eigenvalue weighted by Gasteiger charge is -1.94. The van der Waals surface area contributed by atoms with E-state index in [2.05, 4.69) is 10.1 Å². The van der Waals surface area contributed by atoms with Gasteiger partial charge >= 0.3 is 5.97 Å². The number of aryl methyl sites for hydroxylation is 1. The number of hydrogen-bond acceptors (Lipinski definition) is 2. The zero-order valence-corrected chi connectivity index (χ0v) is 8.27. The summed E-state index contributed by atoms with van der Waals surface area (Å²) in [7, 11) is 1.74. The molecule has 0 amide bonds. The van der Waals surface area contributed by atoms with Crippen molar-refractivity contribution in [1.82, 2.24) is 14.8 Å². The smallest absolute Gasteiger partial charge is 0.309 e. The van der Waals surface area contributed by atoms with Crippen LogP contribution in [0, 0.1) is 0 Å². The van der Waals surface area contributed by atoms with Crippen LogP contribution in [0.5, 0.6) is 0 Å². The monoisotopic (exact) mass is 205 g/mol. The first-order chi connectivity index (χ1) is 7.16. The molecular weight excluding hydrogens is 194 g/mol. The Morgan fingerprint density at radius 1 is 1.67 bits per heavy atom. The van der Waals surface area contributed by atoms with Gasteiger partial charge in [-0.2, -0.15) is 5.10 Å². The van der Waals surface area contributed by atoms with E-state index in [0.29, 0.717) is 5.69 Å². The Labute approximate surface area is 86.4 Å². The molecule has 0 saturated carbocycles. The van der Waals surface area contributed by atoms with Gasteiger partial charge in [-0.1, -0.05) is 0 Å². The average molecular weight is 205 g/mol. The second-order valence-electron chi connectivity index (χ2n) is 3.30. The van der Waals surface area contributed by atoms with Gasteiger partial charge in [-0.05, 0) is 18.2 Å². The topological polar surface area (TPSA) is 70.9 Å². The van der Waals surface area contributed by atoms with E-state index < -0.39 is 5.97 Å². The molecule has 78 valence electrons. The third-order valence-electron chi connectivity index (χ3n) is 2.18. The van der Waals surface area contributed by atoms with Gasteiger partial charge in [-0.25, -0.2) is 0 Å². The van der Waals surface area contributed by atoms with Crippen molar-refractivity contribution in [3.05, 3.63) is 30.1 Å². The van der Waals surface area contributed by atoms with Gasteiger partial charge in [0.05, 0.1) is 12.1 Å². The molecule has 5 heteroatoms. The highest BCUT2D eigenvalue weighted by atomic mass is 16.4. The molecule has 0 atom stereocenters. The van der Waals surface area contributed by atoms with Crippen LogP contribution >= 0.6 is 0 Å². The molecule has 0 aliphatic carbocycles. The minimum atomic E-state index is -0.851. The number of aromatic nitrogens is 3. The number of aliphatic carboxylic acids is 1. The van der Waals surface area contributed by atoms with Crippen molar-refractivity contribution in [3.63, 3.8) is 0 Å². The molecule has 0 aromatic carbocycles. The van der Waals surface area contributed by atoms with Gasteiger partial charge in [0.25, 0.3) is 0 Å². The summed E-state index contributed by atoms with van der Waals surface area (Å²) in [5, 5.41) is 12.9. The van der Waals surface area contributed by atoms with Crippen LogP contribution in [0.1, 0.15) is 5.69 Å². The zero-order chi connectivity index (χ0) is 10.8. The first-order valence-electron chi connectivity index (χ1n) is 4.55. The normalized spacial score (nSPS) is 10.5. The van der Waals surface area contributed by atoms with E-state index in [1.807, 2.05) is 12.1 Å².